The molecular formula is C12H20N6O. The Kier molecular flexibility index (Phi) is 3.02. The molecule has 19 heavy (non-hydrogen) atoms. The van der Waals surface area contributed by atoms with Gasteiger partial charge in [-0.2, -0.15) is 0 Å². The van der Waals surface area contributed by atoms with E-state index in [0.717, 1.165) is 38.3 Å². The second kappa shape index (κ2) is 4.57. The maximum Gasteiger partial charge on any atom is 0.237 e. The molecule has 1 amide bonds. The monoisotopic (exact) mass is 264 g/mol. The lowest BCUT2D eigenvalue weighted by molar-refractivity contribution is -0.125. The van der Waals surface area contributed by atoms with Gasteiger partial charge in [0.25, 0.3) is 0 Å². The number of carbonyl (C=O) groups excluding carboxylic acids is 1. The van der Waals surface area contributed by atoms with E-state index < -0.39 is 5.54 Å². The van der Waals surface area contributed by atoms with Crippen molar-refractivity contribution in [2.45, 2.75) is 50.4 Å². The molecule has 7 nitrogen and oxygen atoms in total. The minimum absolute atomic E-state index is 0.316. The quantitative estimate of drug-likeness (QED) is 0.729. The number of primary amides is 1. The first-order valence-electron chi connectivity index (χ1n) is 6.78. The van der Waals surface area contributed by atoms with E-state index >= 15 is 0 Å². The third-order valence-electron chi connectivity index (χ3n) is 4.44. The van der Waals surface area contributed by atoms with E-state index in [1.165, 1.54) is 0 Å². The van der Waals surface area contributed by atoms with Gasteiger partial charge in [0.05, 0.1) is 12.1 Å². The van der Waals surface area contributed by atoms with Crippen LogP contribution in [0.2, 0.25) is 0 Å². The maximum absolute atomic E-state index is 11.5. The summed E-state index contributed by atoms with van der Waals surface area (Å²) in [6.45, 7) is 2.62. The summed E-state index contributed by atoms with van der Waals surface area (Å²) in [4.78, 5) is 13.9. The van der Waals surface area contributed by atoms with Crippen molar-refractivity contribution >= 4 is 5.91 Å². The average molecular weight is 264 g/mol. The smallest absolute Gasteiger partial charge is 0.237 e. The van der Waals surface area contributed by atoms with Gasteiger partial charge < -0.3 is 16.0 Å². The number of aromatic nitrogens is 3. The van der Waals surface area contributed by atoms with E-state index in [4.69, 9.17) is 11.5 Å². The first-order chi connectivity index (χ1) is 9.08. The molecular weight excluding hydrogens is 244 g/mol. The molecule has 104 valence electrons. The molecule has 4 N–H and O–H groups in total. The SMILES string of the molecule is NC(=O)C1(N)CCCC(N2CCn3cnnc3C2)C1. The normalized spacial score (nSPS) is 31.9. The van der Waals surface area contributed by atoms with Gasteiger partial charge in [0.1, 0.15) is 12.2 Å². The molecule has 1 fully saturated rings. The van der Waals surface area contributed by atoms with Gasteiger partial charge in [-0.25, -0.2) is 0 Å². The van der Waals surface area contributed by atoms with Crippen LogP contribution in [-0.4, -0.2) is 43.7 Å². The van der Waals surface area contributed by atoms with E-state index in [0.29, 0.717) is 18.9 Å². The molecule has 1 aliphatic heterocycles. The molecule has 2 heterocycles. The second-order valence-electron chi connectivity index (χ2n) is 5.68. The Hall–Kier alpha value is -1.47. The van der Waals surface area contributed by atoms with Gasteiger partial charge in [0.2, 0.25) is 5.91 Å². The molecule has 2 unspecified atom stereocenters. The van der Waals surface area contributed by atoms with Crippen LogP contribution in [0, 0.1) is 0 Å². The predicted molar refractivity (Wildman–Crippen MR) is 68.8 cm³/mol. The Balaban J connectivity index is 1.72. The van der Waals surface area contributed by atoms with E-state index in [9.17, 15) is 4.79 Å². The van der Waals surface area contributed by atoms with E-state index in [1.54, 1.807) is 6.33 Å². The molecule has 0 aromatic carbocycles. The molecule has 1 aromatic rings. The highest BCUT2D eigenvalue weighted by Gasteiger charge is 2.40. The van der Waals surface area contributed by atoms with Crippen molar-refractivity contribution in [1.29, 1.82) is 0 Å². The zero-order chi connectivity index (χ0) is 13.5. The number of carbonyl (C=O) groups is 1. The lowest BCUT2D eigenvalue weighted by Gasteiger charge is -2.42. The van der Waals surface area contributed by atoms with Crippen LogP contribution in [0.4, 0.5) is 0 Å². The highest BCUT2D eigenvalue weighted by atomic mass is 16.1. The van der Waals surface area contributed by atoms with Crippen LogP contribution in [0.15, 0.2) is 6.33 Å². The van der Waals surface area contributed by atoms with Crippen molar-refractivity contribution in [3.8, 4) is 0 Å². The number of nitrogens with two attached hydrogens (primary N) is 2. The van der Waals surface area contributed by atoms with Crippen molar-refractivity contribution in [2.75, 3.05) is 6.54 Å². The average Bonchev–Trinajstić information content (AvgIpc) is 2.85. The van der Waals surface area contributed by atoms with Crippen molar-refractivity contribution in [1.82, 2.24) is 19.7 Å². The van der Waals surface area contributed by atoms with Crippen molar-refractivity contribution < 1.29 is 4.79 Å². The molecule has 1 saturated carbocycles. The molecule has 2 atom stereocenters. The standard InChI is InChI=1S/C12H20N6O/c13-11(19)12(14)3-1-2-9(6-12)17-4-5-18-8-15-16-10(18)7-17/h8-9H,1-7,14H2,(H2,13,19). The van der Waals surface area contributed by atoms with Gasteiger partial charge in [-0.3, -0.25) is 9.69 Å². The Labute approximate surface area is 111 Å². The Morgan fingerprint density at radius 3 is 3.11 bits per heavy atom. The largest absolute Gasteiger partial charge is 0.368 e. The summed E-state index contributed by atoms with van der Waals surface area (Å²) in [6.07, 6.45) is 5.14. The third kappa shape index (κ3) is 2.23. The molecule has 0 saturated heterocycles. The summed E-state index contributed by atoms with van der Waals surface area (Å²) >= 11 is 0. The molecule has 0 radical (unpaired) electrons. The Morgan fingerprint density at radius 2 is 2.32 bits per heavy atom. The number of fused-ring (bicyclic) bond motifs is 1. The minimum Gasteiger partial charge on any atom is -0.368 e. The summed E-state index contributed by atoms with van der Waals surface area (Å²) in [5, 5.41) is 8.05. The summed E-state index contributed by atoms with van der Waals surface area (Å²) in [6, 6.07) is 0.316. The molecule has 2 aliphatic rings. The summed E-state index contributed by atoms with van der Waals surface area (Å²) in [5.74, 6) is 0.607. The minimum atomic E-state index is -0.839. The summed E-state index contributed by atoms with van der Waals surface area (Å²) in [5.41, 5.74) is 10.7. The highest BCUT2D eigenvalue weighted by molar-refractivity contribution is 5.84. The van der Waals surface area contributed by atoms with Crippen molar-refractivity contribution in [3.05, 3.63) is 12.2 Å². The number of nitrogens with zero attached hydrogens (tertiary/aromatic N) is 4. The summed E-state index contributed by atoms with van der Waals surface area (Å²) < 4.78 is 2.07. The van der Waals surface area contributed by atoms with E-state index in [-0.39, 0.29) is 5.91 Å². The van der Waals surface area contributed by atoms with Gasteiger partial charge in [0.15, 0.2) is 0 Å². The molecule has 3 rings (SSSR count). The molecule has 1 aromatic heterocycles. The first kappa shape index (κ1) is 12.6. The van der Waals surface area contributed by atoms with Crippen molar-refractivity contribution in [2.24, 2.45) is 11.5 Å². The van der Waals surface area contributed by atoms with Gasteiger partial charge >= 0.3 is 0 Å². The highest BCUT2D eigenvalue weighted by Crippen LogP contribution is 2.30. The van der Waals surface area contributed by atoms with Gasteiger partial charge in [-0.05, 0) is 25.7 Å². The van der Waals surface area contributed by atoms with E-state index in [1.807, 2.05) is 0 Å². The van der Waals surface area contributed by atoms with Gasteiger partial charge in [-0.15, -0.1) is 10.2 Å². The fourth-order valence-electron chi connectivity index (χ4n) is 3.21. The van der Waals surface area contributed by atoms with Crippen LogP contribution in [0.5, 0.6) is 0 Å². The number of hydrogen-bond donors (Lipinski definition) is 2. The fraction of sp³-hybridized carbons (Fsp3) is 0.750. The van der Waals surface area contributed by atoms with Crippen LogP contribution in [0.1, 0.15) is 31.5 Å². The number of rotatable bonds is 2. The zero-order valence-corrected chi connectivity index (χ0v) is 11.0. The summed E-state index contributed by atoms with van der Waals surface area (Å²) in [7, 11) is 0. The Morgan fingerprint density at radius 1 is 1.47 bits per heavy atom. The number of amides is 1. The van der Waals surface area contributed by atoms with Crippen LogP contribution < -0.4 is 11.5 Å². The van der Waals surface area contributed by atoms with Crippen LogP contribution in [0.3, 0.4) is 0 Å². The predicted octanol–water partition coefficient (Wildman–Crippen LogP) is -0.781. The van der Waals surface area contributed by atoms with Gasteiger partial charge in [0, 0.05) is 19.1 Å². The second-order valence-corrected chi connectivity index (χ2v) is 5.68. The van der Waals surface area contributed by atoms with Crippen LogP contribution in [0.25, 0.3) is 0 Å². The van der Waals surface area contributed by atoms with Gasteiger partial charge in [-0.1, -0.05) is 0 Å². The fourth-order valence-corrected chi connectivity index (χ4v) is 3.21. The number of hydrogen-bond acceptors (Lipinski definition) is 5. The topological polar surface area (TPSA) is 103 Å². The van der Waals surface area contributed by atoms with Crippen LogP contribution >= 0.6 is 0 Å². The molecule has 0 spiro atoms. The van der Waals surface area contributed by atoms with E-state index in [2.05, 4.69) is 19.7 Å². The van der Waals surface area contributed by atoms with Crippen molar-refractivity contribution in [3.63, 3.8) is 0 Å². The Bertz CT molecular complexity index is 486. The zero-order valence-electron chi connectivity index (χ0n) is 11.0. The molecule has 7 heteroatoms. The third-order valence-corrected chi connectivity index (χ3v) is 4.44. The molecule has 1 aliphatic carbocycles. The first-order valence-corrected chi connectivity index (χ1v) is 6.78. The maximum atomic E-state index is 11.5. The van der Waals surface area contributed by atoms with Crippen LogP contribution in [-0.2, 0) is 17.9 Å². The molecule has 0 bridgehead atoms. The lowest BCUT2D eigenvalue weighted by Crippen LogP contribution is -2.58. The lowest BCUT2D eigenvalue weighted by atomic mass is 9.78.